The number of rotatable bonds is 5. The fourth-order valence-electron chi connectivity index (χ4n) is 1.30. The lowest BCUT2D eigenvalue weighted by Gasteiger charge is -2.09. The molecular weight excluding hydrogens is 220 g/mol. The molecule has 0 atom stereocenters. The molecule has 0 unspecified atom stereocenters. The number of hydrogen-bond donors (Lipinski definition) is 2. The van der Waals surface area contributed by atoms with Gasteiger partial charge in [-0.1, -0.05) is 6.07 Å². The molecule has 0 aromatic heterocycles. The predicted octanol–water partition coefficient (Wildman–Crippen LogP) is 0.922. The summed E-state index contributed by atoms with van der Waals surface area (Å²) in [4.78, 5) is 11.0. The van der Waals surface area contributed by atoms with Crippen LogP contribution in [0.25, 0.3) is 0 Å². The van der Waals surface area contributed by atoms with E-state index in [0.717, 1.165) is 6.07 Å². The monoisotopic (exact) mass is 231 g/mol. The van der Waals surface area contributed by atoms with Gasteiger partial charge in [-0.05, 0) is 24.1 Å². The van der Waals surface area contributed by atoms with Crippen LogP contribution in [-0.2, 0) is 6.42 Å². The van der Waals surface area contributed by atoms with Crippen molar-refractivity contribution in [2.24, 2.45) is 5.73 Å². The summed E-state index contributed by atoms with van der Waals surface area (Å²) in [7, 11) is 0. The van der Waals surface area contributed by atoms with E-state index in [9.17, 15) is 13.6 Å². The highest BCUT2D eigenvalue weighted by molar-refractivity contribution is 5.94. The zero-order chi connectivity index (χ0) is 12.1. The van der Waals surface area contributed by atoms with Crippen LogP contribution >= 0.6 is 0 Å². The second kappa shape index (κ2) is 5.41. The fourth-order valence-corrected chi connectivity index (χ4v) is 1.30. The van der Waals surface area contributed by atoms with Gasteiger partial charge in [-0.25, -0.2) is 0 Å². The number of alkyl halides is 2. The van der Waals surface area contributed by atoms with E-state index in [1.54, 1.807) is 0 Å². The van der Waals surface area contributed by atoms with Gasteiger partial charge < -0.3 is 15.6 Å². The topological polar surface area (TPSA) is 72.6 Å². The van der Waals surface area contributed by atoms with Crippen LogP contribution in [0.3, 0.4) is 0 Å². The molecule has 0 fully saturated rings. The first-order valence-corrected chi connectivity index (χ1v) is 4.53. The molecular formula is C10H11F2NO3. The van der Waals surface area contributed by atoms with Gasteiger partial charge in [-0.2, -0.15) is 8.78 Å². The molecule has 6 heteroatoms. The Kier molecular flexibility index (Phi) is 4.19. The highest BCUT2D eigenvalue weighted by Crippen LogP contribution is 2.19. The Morgan fingerprint density at radius 1 is 1.50 bits per heavy atom. The summed E-state index contributed by atoms with van der Waals surface area (Å²) in [5.41, 5.74) is 5.65. The summed E-state index contributed by atoms with van der Waals surface area (Å²) in [5, 5.41) is 8.74. The number of hydrogen-bond acceptors (Lipinski definition) is 3. The van der Waals surface area contributed by atoms with Crippen LogP contribution in [0.4, 0.5) is 8.78 Å². The van der Waals surface area contributed by atoms with Crippen LogP contribution in [0.5, 0.6) is 5.75 Å². The molecule has 0 saturated carbocycles. The highest BCUT2D eigenvalue weighted by Gasteiger charge is 2.11. The first-order chi connectivity index (χ1) is 7.54. The summed E-state index contributed by atoms with van der Waals surface area (Å²) in [6, 6.07) is 3.86. The zero-order valence-electron chi connectivity index (χ0n) is 8.32. The lowest BCUT2D eigenvalue weighted by Crippen LogP contribution is -2.15. The van der Waals surface area contributed by atoms with E-state index in [1.807, 2.05) is 0 Å². The summed E-state index contributed by atoms with van der Waals surface area (Å²) in [5.74, 6) is -0.881. The van der Waals surface area contributed by atoms with Crippen molar-refractivity contribution in [1.82, 2.24) is 0 Å². The standard InChI is InChI=1S/C10H11F2NO3/c11-10(12)16-7-2-1-6(3-4-14)8(5-7)9(13)15/h1-2,5,10,14H,3-4H2,(H2,13,15). The minimum Gasteiger partial charge on any atom is -0.435 e. The van der Waals surface area contributed by atoms with Crippen molar-refractivity contribution >= 4 is 5.91 Å². The van der Waals surface area contributed by atoms with Gasteiger partial charge in [0.25, 0.3) is 0 Å². The molecule has 0 aliphatic heterocycles. The number of nitrogens with two attached hydrogens (primary N) is 1. The van der Waals surface area contributed by atoms with Crippen LogP contribution < -0.4 is 10.5 Å². The summed E-state index contributed by atoms with van der Waals surface area (Å²) in [6.45, 7) is -3.11. The average molecular weight is 231 g/mol. The normalized spacial score (nSPS) is 10.5. The molecule has 4 nitrogen and oxygen atoms in total. The van der Waals surface area contributed by atoms with Gasteiger partial charge in [0.1, 0.15) is 5.75 Å². The number of carbonyl (C=O) groups is 1. The van der Waals surface area contributed by atoms with Gasteiger partial charge in [0.15, 0.2) is 0 Å². The maximum Gasteiger partial charge on any atom is 0.387 e. The number of ether oxygens (including phenoxy) is 1. The number of aliphatic hydroxyl groups is 1. The molecule has 0 radical (unpaired) electrons. The summed E-state index contributed by atoms with van der Waals surface area (Å²) in [6.07, 6.45) is 0.229. The highest BCUT2D eigenvalue weighted by atomic mass is 19.3. The Hall–Kier alpha value is -1.69. The SMILES string of the molecule is NC(=O)c1cc(OC(F)F)ccc1CCO. The maximum atomic E-state index is 11.9. The average Bonchev–Trinajstić information content (AvgIpc) is 2.19. The van der Waals surface area contributed by atoms with Crippen LogP contribution in [-0.4, -0.2) is 24.2 Å². The minimum atomic E-state index is -2.95. The minimum absolute atomic E-state index is 0.0761. The van der Waals surface area contributed by atoms with Crippen molar-refractivity contribution in [3.05, 3.63) is 29.3 Å². The number of primary amides is 1. The molecule has 1 aromatic carbocycles. The molecule has 0 aliphatic carbocycles. The molecule has 0 heterocycles. The first kappa shape index (κ1) is 12.4. The van der Waals surface area contributed by atoms with E-state index in [0.29, 0.717) is 5.56 Å². The van der Waals surface area contributed by atoms with E-state index >= 15 is 0 Å². The largest absolute Gasteiger partial charge is 0.435 e. The van der Waals surface area contributed by atoms with Gasteiger partial charge >= 0.3 is 6.61 Å². The molecule has 1 amide bonds. The number of carbonyl (C=O) groups excluding carboxylic acids is 1. The molecule has 88 valence electrons. The summed E-state index contributed by atoms with van der Waals surface area (Å²) < 4.78 is 28.0. The molecule has 0 spiro atoms. The second-order valence-corrected chi connectivity index (χ2v) is 3.04. The van der Waals surface area contributed by atoms with Crippen molar-refractivity contribution in [3.8, 4) is 5.75 Å². The molecule has 0 aliphatic rings. The van der Waals surface area contributed by atoms with Crippen LogP contribution in [0.1, 0.15) is 15.9 Å². The van der Waals surface area contributed by atoms with Crippen molar-refractivity contribution in [1.29, 1.82) is 0 Å². The number of halogens is 2. The lowest BCUT2D eigenvalue weighted by atomic mass is 10.0. The Morgan fingerprint density at radius 3 is 2.69 bits per heavy atom. The molecule has 1 rings (SSSR count). The fraction of sp³-hybridized carbons (Fsp3) is 0.300. The quantitative estimate of drug-likeness (QED) is 0.791. The Labute approximate surface area is 90.6 Å². The second-order valence-electron chi connectivity index (χ2n) is 3.04. The molecule has 0 bridgehead atoms. The molecule has 1 aromatic rings. The van der Waals surface area contributed by atoms with Crippen molar-refractivity contribution in [2.45, 2.75) is 13.0 Å². The van der Waals surface area contributed by atoms with Crippen LogP contribution in [0.15, 0.2) is 18.2 Å². The lowest BCUT2D eigenvalue weighted by molar-refractivity contribution is -0.0499. The Morgan fingerprint density at radius 2 is 2.19 bits per heavy atom. The van der Waals surface area contributed by atoms with Crippen LogP contribution in [0, 0.1) is 0 Å². The van der Waals surface area contributed by atoms with Gasteiger partial charge in [0.05, 0.1) is 0 Å². The zero-order valence-corrected chi connectivity index (χ0v) is 8.32. The molecule has 0 saturated heterocycles. The van der Waals surface area contributed by atoms with Crippen molar-refractivity contribution in [2.75, 3.05) is 6.61 Å². The van der Waals surface area contributed by atoms with Crippen molar-refractivity contribution < 1.29 is 23.4 Å². The van der Waals surface area contributed by atoms with Gasteiger partial charge in [-0.3, -0.25) is 4.79 Å². The first-order valence-electron chi connectivity index (χ1n) is 4.53. The third kappa shape index (κ3) is 3.16. The molecule has 3 N–H and O–H groups in total. The van der Waals surface area contributed by atoms with Gasteiger partial charge in [0, 0.05) is 12.2 Å². The number of amides is 1. The van der Waals surface area contributed by atoms with E-state index in [4.69, 9.17) is 10.8 Å². The third-order valence-corrected chi connectivity index (χ3v) is 1.95. The van der Waals surface area contributed by atoms with Gasteiger partial charge in [-0.15, -0.1) is 0 Å². The Balaban J connectivity index is 3.02. The van der Waals surface area contributed by atoms with Gasteiger partial charge in [0.2, 0.25) is 5.91 Å². The van der Waals surface area contributed by atoms with E-state index in [2.05, 4.69) is 4.74 Å². The molecule has 16 heavy (non-hydrogen) atoms. The Bertz CT molecular complexity index is 382. The smallest absolute Gasteiger partial charge is 0.387 e. The van der Waals surface area contributed by atoms with Crippen LogP contribution in [0.2, 0.25) is 0 Å². The predicted molar refractivity (Wildman–Crippen MR) is 52.4 cm³/mol. The van der Waals surface area contributed by atoms with E-state index in [1.165, 1.54) is 12.1 Å². The summed E-state index contributed by atoms with van der Waals surface area (Å²) >= 11 is 0. The van der Waals surface area contributed by atoms with Crippen molar-refractivity contribution in [3.63, 3.8) is 0 Å². The number of aliphatic hydroxyl groups excluding tert-OH is 1. The van der Waals surface area contributed by atoms with E-state index in [-0.39, 0.29) is 24.3 Å². The third-order valence-electron chi connectivity index (χ3n) is 1.95. The number of benzene rings is 1. The maximum absolute atomic E-state index is 11.9. The van der Waals surface area contributed by atoms with E-state index < -0.39 is 12.5 Å².